The van der Waals surface area contributed by atoms with Crippen molar-refractivity contribution in [1.82, 2.24) is 4.57 Å². The fraction of sp³-hybridized carbons (Fsp3) is 0.350. The fourth-order valence-corrected chi connectivity index (χ4v) is 3.99. The van der Waals surface area contributed by atoms with Gasteiger partial charge in [-0.1, -0.05) is 41.1 Å². The van der Waals surface area contributed by atoms with Crippen LogP contribution < -0.4 is 5.73 Å². The second-order valence-electron chi connectivity index (χ2n) is 6.78. The van der Waals surface area contributed by atoms with Gasteiger partial charge in [0.25, 0.3) is 5.91 Å². The van der Waals surface area contributed by atoms with Crippen LogP contribution in [-0.4, -0.2) is 21.2 Å². The molecule has 0 aliphatic heterocycles. The number of halogens is 2. The SMILES string of the molecule is Cn1c(Cl)cc([C@@H]2CCC[C@](O)(C#Cc3cccc(Cl)c3)C2)c1C(N)=O. The Hall–Kier alpha value is -1.93. The van der Waals surface area contributed by atoms with Crippen LogP contribution in [-0.2, 0) is 7.05 Å². The Morgan fingerprint density at radius 1 is 1.38 bits per heavy atom. The van der Waals surface area contributed by atoms with Gasteiger partial charge in [-0.2, -0.15) is 0 Å². The van der Waals surface area contributed by atoms with Crippen LogP contribution in [0, 0.1) is 11.8 Å². The first-order valence-corrected chi connectivity index (χ1v) is 9.21. The molecule has 1 aromatic heterocycles. The molecule has 1 aromatic carbocycles. The monoisotopic (exact) mass is 390 g/mol. The van der Waals surface area contributed by atoms with Gasteiger partial charge in [-0.3, -0.25) is 4.79 Å². The van der Waals surface area contributed by atoms with Crippen molar-refractivity contribution >= 4 is 29.1 Å². The first-order chi connectivity index (χ1) is 12.3. The number of benzene rings is 1. The molecule has 1 aliphatic rings. The summed E-state index contributed by atoms with van der Waals surface area (Å²) in [4.78, 5) is 11.8. The van der Waals surface area contributed by atoms with Crippen molar-refractivity contribution in [2.45, 2.75) is 37.2 Å². The van der Waals surface area contributed by atoms with E-state index < -0.39 is 11.5 Å². The van der Waals surface area contributed by atoms with Crippen molar-refractivity contribution in [3.05, 3.63) is 57.3 Å². The second-order valence-corrected chi connectivity index (χ2v) is 7.60. The van der Waals surface area contributed by atoms with Gasteiger partial charge in [-0.15, -0.1) is 0 Å². The second kappa shape index (κ2) is 7.36. The number of aromatic nitrogens is 1. The number of rotatable bonds is 2. The molecule has 0 saturated heterocycles. The number of aliphatic hydroxyl groups is 1. The Balaban J connectivity index is 1.88. The number of primary amides is 1. The molecule has 3 rings (SSSR count). The highest BCUT2D eigenvalue weighted by Crippen LogP contribution is 2.41. The number of nitrogens with two attached hydrogens (primary N) is 1. The maximum Gasteiger partial charge on any atom is 0.265 e. The van der Waals surface area contributed by atoms with E-state index in [-0.39, 0.29) is 5.92 Å². The summed E-state index contributed by atoms with van der Waals surface area (Å²) >= 11 is 12.2. The zero-order chi connectivity index (χ0) is 18.9. The molecule has 0 radical (unpaired) electrons. The van der Waals surface area contributed by atoms with E-state index in [1.807, 2.05) is 12.1 Å². The van der Waals surface area contributed by atoms with Crippen LogP contribution in [0.3, 0.4) is 0 Å². The van der Waals surface area contributed by atoms with Gasteiger partial charge < -0.3 is 15.4 Å². The Bertz CT molecular complexity index is 910. The van der Waals surface area contributed by atoms with E-state index >= 15 is 0 Å². The van der Waals surface area contributed by atoms with Crippen molar-refractivity contribution < 1.29 is 9.90 Å². The van der Waals surface area contributed by atoms with Crippen LogP contribution in [0.2, 0.25) is 10.2 Å². The van der Waals surface area contributed by atoms with E-state index in [0.717, 1.165) is 24.0 Å². The summed E-state index contributed by atoms with van der Waals surface area (Å²) in [6, 6.07) is 8.99. The summed E-state index contributed by atoms with van der Waals surface area (Å²) < 4.78 is 1.59. The number of nitrogens with zero attached hydrogens (tertiary/aromatic N) is 1. The third kappa shape index (κ3) is 3.91. The molecule has 1 fully saturated rings. The first kappa shape index (κ1) is 18.8. The molecule has 2 aromatic rings. The van der Waals surface area contributed by atoms with E-state index in [4.69, 9.17) is 28.9 Å². The molecular weight excluding hydrogens is 371 g/mol. The molecule has 26 heavy (non-hydrogen) atoms. The van der Waals surface area contributed by atoms with Gasteiger partial charge in [0, 0.05) is 17.6 Å². The van der Waals surface area contributed by atoms with Crippen molar-refractivity contribution in [1.29, 1.82) is 0 Å². The van der Waals surface area contributed by atoms with Crippen molar-refractivity contribution in [2.24, 2.45) is 12.8 Å². The molecule has 136 valence electrons. The minimum atomic E-state index is -1.12. The highest BCUT2D eigenvalue weighted by Gasteiger charge is 2.36. The zero-order valence-electron chi connectivity index (χ0n) is 14.4. The van der Waals surface area contributed by atoms with Gasteiger partial charge in [0.2, 0.25) is 0 Å². The number of carbonyl (C=O) groups is 1. The topological polar surface area (TPSA) is 68.2 Å². The number of amides is 1. The lowest BCUT2D eigenvalue weighted by Crippen LogP contribution is -2.33. The van der Waals surface area contributed by atoms with Crippen LogP contribution in [0.4, 0.5) is 0 Å². The van der Waals surface area contributed by atoms with E-state index in [2.05, 4.69) is 11.8 Å². The maximum absolute atomic E-state index is 11.8. The molecule has 1 heterocycles. The van der Waals surface area contributed by atoms with Gasteiger partial charge in [-0.25, -0.2) is 0 Å². The average Bonchev–Trinajstić information content (AvgIpc) is 2.89. The van der Waals surface area contributed by atoms with Crippen LogP contribution in [0.1, 0.15) is 53.2 Å². The lowest BCUT2D eigenvalue weighted by Gasteiger charge is -2.33. The number of carbonyl (C=O) groups excluding carboxylic acids is 1. The molecule has 0 spiro atoms. The molecule has 0 unspecified atom stereocenters. The summed E-state index contributed by atoms with van der Waals surface area (Å²) in [5, 5.41) is 12.0. The average molecular weight is 391 g/mol. The summed E-state index contributed by atoms with van der Waals surface area (Å²) in [5.74, 6) is 5.47. The predicted molar refractivity (Wildman–Crippen MR) is 103 cm³/mol. The Kier molecular flexibility index (Phi) is 5.34. The molecule has 3 N–H and O–H groups in total. The molecule has 1 amide bonds. The van der Waals surface area contributed by atoms with Gasteiger partial charge in [-0.05, 0) is 61.4 Å². The molecule has 4 nitrogen and oxygen atoms in total. The number of hydrogen-bond acceptors (Lipinski definition) is 2. The maximum atomic E-state index is 11.8. The van der Waals surface area contributed by atoms with E-state index in [9.17, 15) is 9.90 Å². The summed E-state index contributed by atoms with van der Waals surface area (Å²) in [7, 11) is 1.71. The Labute approximate surface area is 162 Å². The predicted octanol–water partition coefficient (Wildman–Crippen LogP) is 3.87. The fourth-order valence-electron chi connectivity index (χ4n) is 3.60. The lowest BCUT2D eigenvalue weighted by molar-refractivity contribution is 0.0517. The van der Waals surface area contributed by atoms with Crippen LogP contribution in [0.25, 0.3) is 0 Å². The molecule has 1 aliphatic carbocycles. The first-order valence-electron chi connectivity index (χ1n) is 8.45. The Morgan fingerprint density at radius 2 is 2.15 bits per heavy atom. The summed E-state index contributed by atoms with van der Waals surface area (Å²) in [6.45, 7) is 0. The van der Waals surface area contributed by atoms with Crippen LogP contribution >= 0.6 is 23.2 Å². The summed E-state index contributed by atoms with van der Waals surface area (Å²) in [6.07, 6.45) is 2.67. The van der Waals surface area contributed by atoms with Crippen molar-refractivity contribution in [2.75, 3.05) is 0 Å². The Morgan fingerprint density at radius 3 is 2.85 bits per heavy atom. The van der Waals surface area contributed by atoms with E-state index in [0.29, 0.717) is 28.7 Å². The van der Waals surface area contributed by atoms with Crippen molar-refractivity contribution in [3.8, 4) is 11.8 Å². The third-order valence-corrected chi connectivity index (χ3v) is 5.47. The molecule has 6 heteroatoms. The summed E-state index contributed by atoms with van der Waals surface area (Å²) in [5.41, 5.74) is 6.35. The minimum Gasteiger partial charge on any atom is -0.378 e. The van der Waals surface area contributed by atoms with Crippen LogP contribution in [0.5, 0.6) is 0 Å². The molecule has 1 saturated carbocycles. The van der Waals surface area contributed by atoms with Gasteiger partial charge in [0.1, 0.15) is 16.4 Å². The standard InChI is InChI=1S/C20H20Cl2N2O2/c1-24-17(22)11-16(18(24)19(23)25)14-5-3-8-20(26,12-14)9-7-13-4-2-6-15(21)10-13/h2,4,6,10-11,14,26H,3,5,8,12H2,1H3,(H2,23,25)/t14-,20+/m1/s1. The third-order valence-electron chi connectivity index (χ3n) is 4.87. The van der Waals surface area contributed by atoms with Gasteiger partial charge in [0.15, 0.2) is 0 Å². The van der Waals surface area contributed by atoms with Crippen molar-refractivity contribution in [3.63, 3.8) is 0 Å². The van der Waals surface area contributed by atoms with E-state index in [1.165, 1.54) is 0 Å². The normalized spacial score (nSPS) is 22.5. The number of hydrogen-bond donors (Lipinski definition) is 2. The van der Waals surface area contributed by atoms with Gasteiger partial charge >= 0.3 is 0 Å². The molecule has 2 atom stereocenters. The molecule has 0 bridgehead atoms. The highest BCUT2D eigenvalue weighted by molar-refractivity contribution is 6.30. The quantitative estimate of drug-likeness (QED) is 0.764. The lowest BCUT2D eigenvalue weighted by atomic mass is 9.75. The highest BCUT2D eigenvalue weighted by atomic mass is 35.5. The van der Waals surface area contributed by atoms with E-state index in [1.54, 1.807) is 29.8 Å². The zero-order valence-corrected chi connectivity index (χ0v) is 15.9. The largest absolute Gasteiger partial charge is 0.378 e. The van der Waals surface area contributed by atoms with Crippen LogP contribution in [0.15, 0.2) is 30.3 Å². The minimum absolute atomic E-state index is 0.0244. The molecular formula is C20H20Cl2N2O2. The van der Waals surface area contributed by atoms with Gasteiger partial charge in [0.05, 0.1) is 0 Å². The smallest absolute Gasteiger partial charge is 0.265 e.